The summed E-state index contributed by atoms with van der Waals surface area (Å²) < 4.78 is 0. The van der Waals surface area contributed by atoms with Gasteiger partial charge in [0.1, 0.15) is 0 Å². The first-order valence-electron chi connectivity index (χ1n) is 5.58. The number of aliphatic hydroxyl groups is 1. The summed E-state index contributed by atoms with van der Waals surface area (Å²) in [6.45, 7) is 1.09. The predicted octanol–water partition coefficient (Wildman–Crippen LogP) is 1.93. The summed E-state index contributed by atoms with van der Waals surface area (Å²) in [6.07, 6.45) is 7.87. The van der Waals surface area contributed by atoms with Crippen LogP contribution in [0.5, 0.6) is 0 Å². The molecule has 1 fully saturated rings. The number of nitrogens with zero attached hydrogens (tertiary/aromatic N) is 1. The highest BCUT2D eigenvalue weighted by Gasteiger charge is 2.30. The molecule has 2 rings (SSSR count). The van der Waals surface area contributed by atoms with Crippen LogP contribution in [0.1, 0.15) is 37.0 Å². The third-order valence-electron chi connectivity index (χ3n) is 3.23. The zero-order valence-electron chi connectivity index (χ0n) is 8.91. The van der Waals surface area contributed by atoms with Gasteiger partial charge >= 0.3 is 0 Å². The maximum absolute atomic E-state index is 9.50. The lowest BCUT2D eigenvalue weighted by Crippen LogP contribution is -2.49. The summed E-state index contributed by atoms with van der Waals surface area (Å²) in [5.41, 5.74) is 1.83. The van der Waals surface area contributed by atoms with Crippen molar-refractivity contribution in [3.63, 3.8) is 0 Å². The molecule has 3 nitrogen and oxygen atoms in total. The van der Waals surface area contributed by atoms with E-state index < -0.39 is 0 Å². The molecule has 0 spiro atoms. The summed E-state index contributed by atoms with van der Waals surface area (Å²) in [7, 11) is 0. The normalized spacial score (nSPS) is 20.3. The molecular formula is C11H18N2OS. The topological polar surface area (TPSA) is 45.1 Å². The van der Waals surface area contributed by atoms with Gasteiger partial charge < -0.3 is 10.4 Å². The van der Waals surface area contributed by atoms with Crippen molar-refractivity contribution in [1.29, 1.82) is 0 Å². The SMILES string of the molecule is OCC1(NCc2cncs2)CCCCC1. The Labute approximate surface area is 94.5 Å². The van der Waals surface area contributed by atoms with Gasteiger partial charge in [-0.3, -0.25) is 4.98 Å². The Kier molecular flexibility index (Phi) is 3.72. The molecule has 0 amide bonds. The third-order valence-corrected chi connectivity index (χ3v) is 4.01. The standard InChI is InChI=1S/C11H18N2OS/c14-8-11(4-2-1-3-5-11)13-7-10-6-12-9-15-10/h6,9,13-14H,1-5,7-8H2. The molecule has 1 heterocycles. The van der Waals surface area contributed by atoms with Crippen molar-refractivity contribution in [2.24, 2.45) is 0 Å². The van der Waals surface area contributed by atoms with Gasteiger partial charge in [0.15, 0.2) is 0 Å². The molecule has 4 heteroatoms. The van der Waals surface area contributed by atoms with E-state index in [1.165, 1.54) is 24.1 Å². The van der Waals surface area contributed by atoms with Gasteiger partial charge in [0.25, 0.3) is 0 Å². The fraction of sp³-hybridized carbons (Fsp3) is 0.727. The smallest absolute Gasteiger partial charge is 0.0794 e. The van der Waals surface area contributed by atoms with Crippen LogP contribution in [0.3, 0.4) is 0 Å². The van der Waals surface area contributed by atoms with Gasteiger partial charge in [-0.05, 0) is 12.8 Å². The molecule has 1 aromatic heterocycles. The molecule has 0 aliphatic heterocycles. The molecule has 0 atom stereocenters. The van der Waals surface area contributed by atoms with E-state index >= 15 is 0 Å². The lowest BCUT2D eigenvalue weighted by Gasteiger charge is -2.36. The minimum absolute atomic E-state index is 0.0256. The first-order chi connectivity index (χ1) is 7.35. The summed E-state index contributed by atoms with van der Waals surface area (Å²) in [6, 6.07) is 0. The third kappa shape index (κ3) is 2.77. The quantitative estimate of drug-likeness (QED) is 0.824. The van der Waals surface area contributed by atoms with E-state index in [9.17, 15) is 5.11 Å². The highest BCUT2D eigenvalue weighted by Crippen LogP contribution is 2.28. The number of thiazole rings is 1. The van der Waals surface area contributed by atoms with Crippen molar-refractivity contribution in [2.75, 3.05) is 6.61 Å². The van der Waals surface area contributed by atoms with Gasteiger partial charge in [-0.1, -0.05) is 19.3 Å². The Bertz CT molecular complexity index is 281. The molecular weight excluding hydrogens is 208 g/mol. The number of rotatable bonds is 4. The van der Waals surface area contributed by atoms with Crippen LogP contribution in [0.4, 0.5) is 0 Å². The Morgan fingerprint density at radius 3 is 2.80 bits per heavy atom. The highest BCUT2D eigenvalue weighted by atomic mass is 32.1. The van der Waals surface area contributed by atoms with Crippen LogP contribution in [0.15, 0.2) is 11.7 Å². The van der Waals surface area contributed by atoms with E-state index in [-0.39, 0.29) is 12.1 Å². The van der Waals surface area contributed by atoms with E-state index in [2.05, 4.69) is 10.3 Å². The number of aromatic nitrogens is 1. The molecule has 0 radical (unpaired) electrons. The van der Waals surface area contributed by atoms with E-state index in [0.717, 1.165) is 19.4 Å². The number of hydrogen-bond acceptors (Lipinski definition) is 4. The molecule has 0 saturated heterocycles. The minimum Gasteiger partial charge on any atom is -0.394 e. The van der Waals surface area contributed by atoms with Crippen LogP contribution in [0.25, 0.3) is 0 Å². The average Bonchev–Trinajstić information content (AvgIpc) is 2.81. The first kappa shape index (κ1) is 11.0. The van der Waals surface area contributed by atoms with E-state index in [4.69, 9.17) is 0 Å². The van der Waals surface area contributed by atoms with Crippen molar-refractivity contribution in [3.05, 3.63) is 16.6 Å². The van der Waals surface area contributed by atoms with Crippen molar-refractivity contribution >= 4 is 11.3 Å². The van der Waals surface area contributed by atoms with Crippen molar-refractivity contribution in [3.8, 4) is 0 Å². The Hall–Kier alpha value is -0.450. The van der Waals surface area contributed by atoms with Crippen molar-refractivity contribution < 1.29 is 5.11 Å². The minimum atomic E-state index is -0.0256. The van der Waals surface area contributed by atoms with Gasteiger partial charge in [0.05, 0.1) is 12.1 Å². The monoisotopic (exact) mass is 226 g/mol. The van der Waals surface area contributed by atoms with Crippen molar-refractivity contribution in [2.45, 2.75) is 44.2 Å². The van der Waals surface area contributed by atoms with Gasteiger partial charge in [-0.25, -0.2) is 0 Å². The highest BCUT2D eigenvalue weighted by molar-refractivity contribution is 7.09. The lowest BCUT2D eigenvalue weighted by atomic mass is 9.82. The zero-order valence-corrected chi connectivity index (χ0v) is 9.72. The molecule has 1 aliphatic carbocycles. The van der Waals surface area contributed by atoms with E-state index in [1.807, 2.05) is 11.7 Å². The largest absolute Gasteiger partial charge is 0.394 e. The van der Waals surface area contributed by atoms with Crippen LogP contribution in [-0.2, 0) is 6.54 Å². The maximum Gasteiger partial charge on any atom is 0.0794 e. The molecule has 0 unspecified atom stereocenters. The first-order valence-corrected chi connectivity index (χ1v) is 6.46. The van der Waals surface area contributed by atoms with Gasteiger partial charge in [-0.2, -0.15) is 0 Å². The van der Waals surface area contributed by atoms with Crippen LogP contribution >= 0.6 is 11.3 Å². The fourth-order valence-electron chi connectivity index (χ4n) is 2.22. The molecule has 1 aromatic rings. The molecule has 15 heavy (non-hydrogen) atoms. The van der Waals surface area contributed by atoms with Crippen LogP contribution in [0.2, 0.25) is 0 Å². The summed E-state index contributed by atoms with van der Waals surface area (Å²) in [4.78, 5) is 5.29. The van der Waals surface area contributed by atoms with Crippen LogP contribution in [-0.4, -0.2) is 22.2 Å². The summed E-state index contributed by atoms with van der Waals surface area (Å²) >= 11 is 1.67. The van der Waals surface area contributed by atoms with Crippen LogP contribution in [0, 0.1) is 0 Å². The molecule has 84 valence electrons. The predicted molar refractivity (Wildman–Crippen MR) is 61.9 cm³/mol. The molecule has 1 aliphatic rings. The average molecular weight is 226 g/mol. The zero-order chi connectivity index (χ0) is 10.6. The molecule has 0 bridgehead atoms. The second kappa shape index (κ2) is 5.05. The molecule has 0 aromatic carbocycles. The van der Waals surface area contributed by atoms with Gasteiger partial charge in [0, 0.05) is 23.2 Å². The summed E-state index contributed by atoms with van der Waals surface area (Å²) in [5, 5.41) is 13.0. The van der Waals surface area contributed by atoms with Gasteiger partial charge in [-0.15, -0.1) is 11.3 Å². The van der Waals surface area contributed by atoms with E-state index in [1.54, 1.807) is 11.3 Å². The van der Waals surface area contributed by atoms with E-state index in [0.29, 0.717) is 0 Å². The molecule has 1 saturated carbocycles. The Balaban J connectivity index is 1.89. The Morgan fingerprint density at radius 2 is 2.20 bits per heavy atom. The fourth-order valence-corrected chi connectivity index (χ4v) is 2.76. The Morgan fingerprint density at radius 1 is 1.40 bits per heavy atom. The maximum atomic E-state index is 9.50. The van der Waals surface area contributed by atoms with Gasteiger partial charge in [0.2, 0.25) is 0 Å². The number of hydrogen-bond donors (Lipinski definition) is 2. The number of aliphatic hydroxyl groups excluding tert-OH is 1. The molecule has 2 N–H and O–H groups in total. The second-order valence-electron chi connectivity index (χ2n) is 4.32. The summed E-state index contributed by atoms with van der Waals surface area (Å²) in [5.74, 6) is 0. The van der Waals surface area contributed by atoms with Crippen molar-refractivity contribution in [1.82, 2.24) is 10.3 Å². The van der Waals surface area contributed by atoms with Crippen LogP contribution < -0.4 is 5.32 Å². The lowest BCUT2D eigenvalue weighted by molar-refractivity contribution is 0.120. The second-order valence-corrected chi connectivity index (χ2v) is 5.29. The number of nitrogens with one attached hydrogen (secondary N) is 1.